The van der Waals surface area contributed by atoms with Gasteiger partial charge in [0.2, 0.25) is 11.8 Å². The van der Waals surface area contributed by atoms with Gasteiger partial charge >= 0.3 is 0 Å². The molecule has 0 saturated heterocycles. The molecule has 5 nitrogen and oxygen atoms in total. The first kappa shape index (κ1) is 15.9. The first-order valence-electron chi connectivity index (χ1n) is 5.98. The highest BCUT2D eigenvalue weighted by Gasteiger charge is 2.17. The van der Waals surface area contributed by atoms with E-state index in [4.69, 9.17) is 5.73 Å². The molecule has 0 bridgehead atoms. The van der Waals surface area contributed by atoms with Crippen LogP contribution in [0.25, 0.3) is 0 Å². The Bertz CT molecular complexity index is 269. The molecule has 17 heavy (non-hydrogen) atoms. The van der Waals surface area contributed by atoms with Gasteiger partial charge in [0.05, 0.1) is 0 Å². The Balaban J connectivity index is 3.85. The largest absolute Gasteiger partial charge is 0.355 e. The lowest BCUT2D eigenvalue weighted by molar-refractivity contribution is -0.125. The van der Waals surface area contributed by atoms with E-state index in [9.17, 15) is 9.59 Å². The molecule has 5 heteroatoms. The Hall–Kier alpha value is -1.10. The van der Waals surface area contributed by atoms with Crippen molar-refractivity contribution in [2.75, 3.05) is 6.54 Å². The molecular weight excluding hydrogens is 218 g/mol. The lowest BCUT2D eigenvalue weighted by Gasteiger charge is -2.20. The minimum absolute atomic E-state index is 0.0637. The highest BCUT2D eigenvalue weighted by Crippen LogP contribution is 2.00. The van der Waals surface area contributed by atoms with E-state index in [-0.39, 0.29) is 35.7 Å². The SMILES string of the molecule is CC(N)C(C)C(=O)NCCC(=O)NC(C)(C)C. The van der Waals surface area contributed by atoms with Crippen molar-refractivity contribution < 1.29 is 9.59 Å². The van der Waals surface area contributed by atoms with Gasteiger partial charge < -0.3 is 16.4 Å². The van der Waals surface area contributed by atoms with E-state index in [0.717, 1.165) is 0 Å². The van der Waals surface area contributed by atoms with Crippen LogP contribution in [-0.4, -0.2) is 29.9 Å². The third-order valence-corrected chi connectivity index (χ3v) is 2.37. The first-order valence-corrected chi connectivity index (χ1v) is 5.98. The molecule has 0 spiro atoms. The highest BCUT2D eigenvalue weighted by molar-refractivity contribution is 5.80. The predicted molar refractivity (Wildman–Crippen MR) is 68.3 cm³/mol. The van der Waals surface area contributed by atoms with Crippen LogP contribution in [0.3, 0.4) is 0 Å². The summed E-state index contributed by atoms with van der Waals surface area (Å²) in [5.41, 5.74) is 5.38. The summed E-state index contributed by atoms with van der Waals surface area (Å²) < 4.78 is 0. The topological polar surface area (TPSA) is 84.2 Å². The van der Waals surface area contributed by atoms with Crippen LogP contribution in [-0.2, 0) is 9.59 Å². The molecule has 0 heterocycles. The van der Waals surface area contributed by atoms with Gasteiger partial charge in [-0.1, -0.05) is 6.92 Å². The van der Waals surface area contributed by atoms with Crippen molar-refractivity contribution in [2.45, 2.75) is 52.6 Å². The van der Waals surface area contributed by atoms with E-state index in [1.165, 1.54) is 0 Å². The van der Waals surface area contributed by atoms with Crippen molar-refractivity contribution in [3.8, 4) is 0 Å². The summed E-state index contributed by atoms with van der Waals surface area (Å²) in [4.78, 5) is 23.0. The van der Waals surface area contributed by atoms with Crippen LogP contribution in [0.1, 0.15) is 41.0 Å². The zero-order valence-electron chi connectivity index (χ0n) is 11.5. The molecule has 0 aliphatic heterocycles. The van der Waals surface area contributed by atoms with Crippen LogP contribution >= 0.6 is 0 Å². The van der Waals surface area contributed by atoms with E-state index >= 15 is 0 Å². The summed E-state index contributed by atoms with van der Waals surface area (Å²) in [6.45, 7) is 9.66. The van der Waals surface area contributed by atoms with Gasteiger partial charge in [-0.15, -0.1) is 0 Å². The van der Waals surface area contributed by atoms with Gasteiger partial charge in [0.15, 0.2) is 0 Å². The lowest BCUT2D eigenvalue weighted by Crippen LogP contribution is -2.43. The zero-order chi connectivity index (χ0) is 13.6. The molecule has 0 aromatic heterocycles. The summed E-state index contributed by atoms with van der Waals surface area (Å²) in [6, 6.07) is -0.182. The maximum absolute atomic E-state index is 11.5. The molecule has 2 unspecified atom stereocenters. The van der Waals surface area contributed by atoms with Crippen LogP contribution in [0.5, 0.6) is 0 Å². The molecule has 0 fully saturated rings. The second kappa shape index (κ2) is 6.59. The molecule has 2 atom stereocenters. The molecular formula is C12H25N3O2. The summed E-state index contributed by atoms with van der Waals surface area (Å²) in [5.74, 6) is -0.407. The molecule has 100 valence electrons. The monoisotopic (exact) mass is 243 g/mol. The molecule has 0 rings (SSSR count). The van der Waals surface area contributed by atoms with Crippen molar-refractivity contribution in [1.29, 1.82) is 0 Å². The van der Waals surface area contributed by atoms with E-state index in [1.807, 2.05) is 20.8 Å². The van der Waals surface area contributed by atoms with E-state index in [2.05, 4.69) is 10.6 Å². The van der Waals surface area contributed by atoms with Gasteiger partial charge in [-0.3, -0.25) is 9.59 Å². The molecule has 2 amide bonds. The second-order valence-electron chi connectivity index (χ2n) is 5.49. The van der Waals surface area contributed by atoms with Crippen LogP contribution < -0.4 is 16.4 Å². The minimum atomic E-state index is -0.236. The quantitative estimate of drug-likeness (QED) is 0.653. The number of nitrogens with one attached hydrogen (secondary N) is 2. The molecule has 0 aromatic carbocycles. The Morgan fingerprint density at radius 3 is 2.18 bits per heavy atom. The van der Waals surface area contributed by atoms with Gasteiger partial charge in [0.25, 0.3) is 0 Å². The minimum Gasteiger partial charge on any atom is -0.355 e. The Labute approximate surface area is 104 Å². The third-order valence-electron chi connectivity index (χ3n) is 2.37. The predicted octanol–water partition coefficient (Wildman–Crippen LogP) is 0.391. The fourth-order valence-electron chi connectivity index (χ4n) is 1.18. The normalized spacial score (nSPS) is 14.9. The van der Waals surface area contributed by atoms with Crippen molar-refractivity contribution in [3.05, 3.63) is 0 Å². The molecule has 0 radical (unpaired) electrons. The number of hydrogen-bond donors (Lipinski definition) is 3. The number of rotatable bonds is 5. The van der Waals surface area contributed by atoms with Crippen LogP contribution in [0.15, 0.2) is 0 Å². The van der Waals surface area contributed by atoms with Gasteiger partial charge in [-0.25, -0.2) is 0 Å². The standard InChI is InChI=1S/C12H25N3O2/c1-8(9(2)13)11(17)14-7-6-10(16)15-12(3,4)5/h8-9H,6-7,13H2,1-5H3,(H,14,17)(H,15,16). The van der Waals surface area contributed by atoms with Gasteiger partial charge in [-0.2, -0.15) is 0 Å². The first-order chi connectivity index (χ1) is 7.63. The van der Waals surface area contributed by atoms with Crippen molar-refractivity contribution in [2.24, 2.45) is 11.7 Å². The maximum Gasteiger partial charge on any atom is 0.224 e. The highest BCUT2D eigenvalue weighted by atomic mass is 16.2. The smallest absolute Gasteiger partial charge is 0.224 e. The molecule has 0 aromatic rings. The number of nitrogens with two attached hydrogens (primary N) is 1. The summed E-state index contributed by atoms with van der Waals surface area (Å²) >= 11 is 0. The molecule has 0 aliphatic rings. The van der Waals surface area contributed by atoms with Crippen molar-refractivity contribution in [1.82, 2.24) is 10.6 Å². The van der Waals surface area contributed by atoms with Crippen molar-refractivity contribution >= 4 is 11.8 Å². The fourth-order valence-corrected chi connectivity index (χ4v) is 1.18. The third kappa shape index (κ3) is 7.74. The summed E-state index contributed by atoms with van der Waals surface area (Å²) in [6.07, 6.45) is 0.286. The van der Waals surface area contributed by atoms with E-state index in [0.29, 0.717) is 6.54 Å². The lowest BCUT2D eigenvalue weighted by atomic mass is 10.0. The van der Waals surface area contributed by atoms with Gasteiger partial charge in [0, 0.05) is 30.5 Å². The Morgan fingerprint density at radius 1 is 1.24 bits per heavy atom. The van der Waals surface area contributed by atoms with Crippen molar-refractivity contribution in [3.63, 3.8) is 0 Å². The van der Waals surface area contributed by atoms with E-state index in [1.54, 1.807) is 13.8 Å². The van der Waals surface area contributed by atoms with Crippen LogP contribution in [0, 0.1) is 5.92 Å². The number of amides is 2. The Kier molecular flexibility index (Phi) is 6.16. The average molecular weight is 243 g/mol. The fraction of sp³-hybridized carbons (Fsp3) is 0.833. The number of hydrogen-bond acceptors (Lipinski definition) is 3. The van der Waals surface area contributed by atoms with Crippen LogP contribution in [0.4, 0.5) is 0 Å². The average Bonchev–Trinajstić information content (AvgIpc) is 2.13. The summed E-state index contributed by atoms with van der Waals surface area (Å²) in [7, 11) is 0. The zero-order valence-corrected chi connectivity index (χ0v) is 11.5. The van der Waals surface area contributed by atoms with Gasteiger partial charge in [-0.05, 0) is 27.7 Å². The Morgan fingerprint density at radius 2 is 1.76 bits per heavy atom. The number of carbonyl (C=O) groups is 2. The van der Waals surface area contributed by atoms with Gasteiger partial charge in [0.1, 0.15) is 0 Å². The molecule has 0 saturated carbocycles. The molecule has 4 N–H and O–H groups in total. The summed E-state index contributed by atoms with van der Waals surface area (Å²) in [5, 5.41) is 5.53. The maximum atomic E-state index is 11.5. The molecule has 0 aliphatic carbocycles. The second-order valence-corrected chi connectivity index (χ2v) is 5.49. The number of carbonyl (C=O) groups excluding carboxylic acids is 2. The van der Waals surface area contributed by atoms with Crippen LogP contribution in [0.2, 0.25) is 0 Å². The van der Waals surface area contributed by atoms with E-state index < -0.39 is 0 Å².